The molecule has 0 bridgehead atoms. The molecule has 1 heterocycles. The van der Waals surface area contributed by atoms with Crippen LogP contribution in [-0.4, -0.2) is 4.98 Å². The van der Waals surface area contributed by atoms with Crippen molar-refractivity contribution in [3.63, 3.8) is 0 Å². The number of aromatic nitrogens is 1. The standard InChI is InChI=1S/C13H17N/c1-5-11-8-7-9-14-13(11)12(6-2)10(3)4/h5-10H,1H2,2-4H3/b12-6-. The second-order valence-electron chi connectivity index (χ2n) is 3.54. The van der Waals surface area contributed by atoms with E-state index in [1.54, 1.807) is 0 Å². The van der Waals surface area contributed by atoms with Crippen molar-refractivity contribution in [2.45, 2.75) is 20.8 Å². The molecule has 0 N–H and O–H groups in total. The summed E-state index contributed by atoms with van der Waals surface area (Å²) in [6.07, 6.45) is 5.81. The van der Waals surface area contributed by atoms with Gasteiger partial charge in [0.15, 0.2) is 0 Å². The molecular weight excluding hydrogens is 170 g/mol. The van der Waals surface area contributed by atoms with Gasteiger partial charge in [-0.3, -0.25) is 4.98 Å². The molecule has 0 fully saturated rings. The molecule has 0 aliphatic carbocycles. The third-order valence-corrected chi connectivity index (χ3v) is 2.27. The zero-order valence-electron chi connectivity index (χ0n) is 9.12. The SMILES string of the molecule is C=Cc1cccnc1/C(=C\C)C(C)C. The van der Waals surface area contributed by atoms with Gasteiger partial charge in [-0.15, -0.1) is 0 Å². The molecule has 0 aliphatic rings. The molecule has 0 unspecified atom stereocenters. The van der Waals surface area contributed by atoms with Gasteiger partial charge in [-0.1, -0.05) is 38.6 Å². The van der Waals surface area contributed by atoms with Crippen molar-refractivity contribution in [3.05, 3.63) is 42.2 Å². The fourth-order valence-electron chi connectivity index (χ4n) is 1.57. The zero-order chi connectivity index (χ0) is 10.6. The highest BCUT2D eigenvalue weighted by Crippen LogP contribution is 2.24. The second-order valence-corrected chi connectivity index (χ2v) is 3.54. The van der Waals surface area contributed by atoms with Gasteiger partial charge in [-0.25, -0.2) is 0 Å². The fourth-order valence-corrected chi connectivity index (χ4v) is 1.57. The van der Waals surface area contributed by atoms with Crippen LogP contribution in [0.15, 0.2) is 31.0 Å². The summed E-state index contributed by atoms with van der Waals surface area (Å²) in [7, 11) is 0. The number of hydrogen-bond acceptors (Lipinski definition) is 1. The predicted molar refractivity (Wildman–Crippen MR) is 62.8 cm³/mol. The summed E-state index contributed by atoms with van der Waals surface area (Å²) < 4.78 is 0. The van der Waals surface area contributed by atoms with Crippen molar-refractivity contribution >= 4 is 11.6 Å². The highest BCUT2D eigenvalue weighted by atomic mass is 14.7. The first-order chi connectivity index (χ1) is 6.70. The van der Waals surface area contributed by atoms with Crippen LogP contribution in [0.1, 0.15) is 32.0 Å². The average molecular weight is 187 g/mol. The van der Waals surface area contributed by atoms with Crippen molar-refractivity contribution in [3.8, 4) is 0 Å². The minimum absolute atomic E-state index is 0.494. The Morgan fingerprint density at radius 3 is 2.71 bits per heavy atom. The molecule has 1 aromatic heterocycles. The van der Waals surface area contributed by atoms with Gasteiger partial charge in [0.05, 0.1) is 5.69 Å². The molecule has 1 aromatic rings. The summed E-state index contributed by atoms with van der Waals surface area (Å²) in [6.45, 7) is 10.2. The van der Waals surface area contributed by atoms with E-state index < -0.39 is 0 Å². The van der Waals surface area contributed by atoms with E-state index in [0.29, 0.717) is 5.92 Å². The van der Waals surface area contributed by atoms with Gasteiger partial charge in [-0.05, 0) is 30.0 Å². The van der Waals surface area contributed by atoms with E-state index in [2.05, 4.69) is 38.4 Å². The smallest absolute Gasteiger partial charge is 0.0732 e. The predicted octanol–water partition coefficient (Wildman–Crippen LogP) is 3.78. The normalized spacial score (nSPS) is 11.9. The third-order valence-electron chi connectivity index (χ3n) is 2.27. The van der Waals surface area contributed by atoms with Crippen molar-refractivity contribution in [2.24, 2.45) is 5.92 Å². The Bertz CT molecular complexity index is 348. The monoisotopic (exact) mass is 187 g/mol. The van der Waals surface area contributed by atoms with E-state index in [9.17, 15) is 0 Å². The van der Waals surface area contributed by atoms with E-state index in [1.165, 1.54) is 5.57 Å². The number of rotatable bonds is 3. The lowest BCUT2D eigenvalue weighted by molar-refractivity contribution is 0.846. The van der Waals surface area contributed by atoms with Crippen LogP contribution in [0.25, 0.3) is 11.6 Å². The van der Waals surface area contributed by atoms with Crippen LogP contribution in [0.2, 0.25) is 0 Å². The molecule has 0 radical (unpaired) electrons. The molecular formula is C13H17N. The highest BCUT2D eigenvalue weighted by Gasteiger charge is 2.09. The first kappa shape index (κ1) is 10.7. The molecule has 74 valence electrons. The van der Waals surface area contributed by atoms with Crippen LogP contribution < -0.4 is 0 Å². The highest BCUT2D eigenvalue weighted by molar-refractivity contribution is 5.71. The first-order valence-corrected chi connectivity index (χ1v) is 4.94. The lowest BCUT2D eigenvalue weighted by Crippen LogP contribution is -1.98. The molecule has 0 aliphatic heterocycles. The lowest BCUT2D eigenvalue weighted by Gasteiger charge is -2.12. The lowest BCUT2D eigenvalue weighted by atomic mass is 9.96. The summed E-state index contributed by atoms with van der Waals surface area (Å²) in [4.78, 5) is 4.40. The maximum Gasteiger partial charge on any atom is 0.0732 e. The number of hydrogen-bond donors (Lipinski definition) is 0. The molecule has 1 heteroatoms. The average Bonchev–Trinajstić information content (AvgIpc) is 2.19. The Morgan fingerprint density at radius 2 is 2.21 bits per heavy atom. The summed E-state index contributed by atoms with van der Waals surface area (Å²) in [5.41, 5.74) is 3.44. The summed E-state index contributed by atoms with van der Waals surface area (Å²) in [5, 5.41) is 0. The largest absolute Gasteiger partial charge is 0.256 e. The summed E-state index contributed by atoms with van der Waals surface area (Å²) in [6, 6.07) is 3.98. The van der Waals surface area contributed by atoms with Crippen molar-refractivity contribution in [2.75, 3.05) is 0 Å². The van der Waals surface area contributed by atoms with Crippen LogP contribution in [0.5, 0.6) is 0 Å². The maximum absolute atomic E-state index is 4.40. The number of pyridine rings is 1. The molecule has 0 spiro atoms. The molecule has 14 heavy (non-hydrogen) atoms. The quantitative estimate of drug-likeness (QED) is 0.701. The molecule has 0 atom stereocenters. The third kappa shape index (κ3) is 2.11. The van der Waals surface area contributed by atoms with Gasteiger partial charge in [0.2, 0.25) is 0 Å². The number of allylic oxidation sites excluding steroid dienone is 2. The van der Waals surface area contributed by atoms with Crippen molar-refractivity contribution in [1.82, 2.24) is 4.98 Å². The van der Waals surface area contributed by atoms with Gasteiger partial charge >= 0.3 is 0 Å². The molecule has 0 saturated carbocycles. The number of nitrogens with zero attached hydrogens (tertiary/aromatic N) is 1. The molecule has 0 aromatic carbocycles. The minimum atomic E-state index is 0.494. The van der Waals surface area contributed by atoms with Crippen LogP contribution >= 0.6 is 0 Å². The second kappa shape index (κ2) is 4.75. The van der Waals surface area contributed by atoms with E-state index >= 15 is 0 Å². The van der Waals surface area contributed by atoms with E-state index in [-0.39, 0.29) is 0 Å². The minimum Gasteiger partial charge on any atom is -0.256 e. The topological polar surface area (TPSA) is 12.9 Å². The first-order valence-electron chi connectivity index (χ1n) is 4.94. The van der Waals surface area contributed by atoms with Crippen LogP contribution in [-0.2, 0) is 0 Å². The summed E-state index contributed by atoms with van der Waals surface area (Å²) >= 11 is 0. The van der Waals surface area contributed by atoms with Gasteiger partial charge in [0.25, 0.3) is 0 Å². The van der Waals surface area contributed by atoms with E-state index in [0.717, 1.165) is 11.3 Å². The Hall–Kier alpha value is -1.37. The van der Waals surface area contributed by atoms with Gasteiger partial charge < -0.3 is 0 Å². The Balaban J connectivity index is 3.23. The fraction of sp³-hybridized carbons (Fsp3) is 0.308. The molecule has 1 rings (SSSR count). The Morgan fingerprint density at radius 1 is 1.50 bits per heavy atom. The Labute approximate surface area is 86.2 Å². The van der Waals surface area contributed by atoms with Crippen molar-refractivity contribution in [1.29, 1.82) is 0 Å². The van der Waals surface area contributed by atoms with Crippen LogP contribution in [0.3, 0.4) is 0 Å². The molecule has 0 saturated heterocycles. The maximum atomic E-state index is 4.40. The van der Waals surface area contributed by atoms with Gasteiger partial charge in [0.1, 0.15) is 0 Å². The summed E-state index contributed by atoms with van der Waals surface area (Å²) in [5.74, 6) is 0.494. The van der Waals surface area contributed by atoms with Crippen molar-refractivity contribution < 1.29 is 0 Å². The van der Waals surface area contributed by atoms with E-state index in [4.69, 9.17) is 0 Å². The van der Waals surface area contributed by atoms with Gasteiger partial charge in [0, 0.05) is 6.20 Å². The Kier molecular flexibility index (Phi) is 3.63. The van der Waals surface area contributed by atoms with Gasteiger partial charge in [-0.2, -0.15) is 0 Å². The van der Waals surface area contributed by atoms with Crippen LogP contribution in [0, 0.1) is 5.92 Å². The van der Waals surface area contributed by atoms with Crippen LogP contribution in [0.4, 0.5) is 0 Å². The zero-order valence-corrected chi connectivity index (χ0v) is 9.12. The van der Waals surface area contributed by atoms with E-state index in [1.807, 2.05) is 24.4 Å². The molecule has 0 amide bonds. The molecule has 1 nitrogen and oxygen atoms in total.